The van der Waals surface area contributed by atoms with Crippen LogP contribution in [-0.2, 0) is 14.6 Å². The Hall–Kier alpha value is -0.840. The van der Waals surface area contributed by atoms with Crippen LogP contribution in [0.3, 0.4) is 0 Å². The maximum atomic E-state index is 11.3. The molecule has 0 fully saturated rings. The van der Waals surface area contributed by atoms with Gasteiger partial charge in [0.15, 0.2) is 0 Å². The van der Waals surface area contributed by atoms with E-state index in [0.717, 1.165) is 6.26 Å². The number of hydrogen-bond donors (Lipinski definition) is 0. The van der Waals surface area contributed by atoms with E-state index >= 15 is 0 Å². The second-order valence-corrected chi connectivity index (χ2v) is 6.12. The Balaban J connectivity index is 0. The molecule has 0 aromatic heterocycles. The van der Waals surface area contributed by atoms with Crippen molar-refractivity contribution in [3.05, 3.63) is 12.7 Å². The largest absolute Gasteiger partial charge is 0.336 e. The normalized spacial score (nSPS) is 11.5. The van der Waals surface area contributed by atoms with Gasteiger partial charge in [0.25, 0.3) is 0 Å². The van der Waals surface area contributed by atoms with Crippen LogP contribution in [0.2, 0.25) is 0 Å². The van der Waals surface area contributed by atoms with Crippen molar-refractivity contribution in [3.63, 3.8) is 0 Å². The molecule has 0 N–H and O–H groups in total. The quantitative estimate of drug-likeness (QED) is 0.685. The summed E-state index contributed by atoms with van der Waals surface area (Å²) >= 11 is 0. The van der Waals surface area contributed by atoms with Gasteiger partial charge in [-0.05, 0) is 19.9 Å². The molecule has 0 saturated heterocycles. The van der Waals surface area contributed by atoms with Gasteiger partial charge in [0.2, 0.25) is 5.91 Å². The van der Waals surface area contributed by atoms with Crippen LogP contribution in [0.4, 0.5) is 0 Å². The van der Waals surface area contributed by atoms with Crippen LogP contribution < -0.4 is 0 Å². The highest BCUT2D eigenvalue weighted by molar-refractivity contribution is 7.90. The molecule has 0 radical (unpaired) electrons. The zero-order valence-electron chi connectivity index (χ0n) is 9.07. The third-order valence-electron chi connectivity index (χ3n) is 2.03. The molecular weight excluding hydrogens is 214 g/mol. The monoisotopic (exact) mass is 235 g/mol. The van der Waals surface area contributed by atoms with Gasteiger partial charge in [-0.2, -0.15) is 0 Å². The number of carbonyl (C=O) groups is 1. The molecule has 0 aliphatic carbocycles. The van der Waals surface area contributed by atoms with Crippen LogP contribution >= 0.6 is 0 Å². The van der Waals surface area contributed by atoms with Gasteiger partial charge < -0.3 is 4.90 Å². The van der Waals surface area contributed by atoms with Crippen LogP contribution in [0.25, 0.3) is 0 Å². The average Bonchev–Trinajstić information content (AvgIpc) is 1.97. The van der Waals surface area contributed by atoms with Crippen molar-refractivity contribution in [2.45, 2.75) is 26.8 Å². The topological polar surface area (TPSA) is 54.5 Å². The minimum atomic E-state index is -3.10. The van der Waals surface area contributed by atoms with Gasteiger partial charge >= 0.3 is 0 Å². The summed E-state index contributed by atoms with van der Waals surface area (Å²) in [4.78, 5) is 12.6. The predicted octanol–water partition coefficient (Wildman–Crippen LogP) is 1.09. The molecule has 0 bridgehead atoms. The van der Waals surface area contributed by atoms with E-state index in [4.69, 9.17) is 0 Å². The molecule has 4 nitrogen and oxygen atoms in total. The van der Waals surface area contributed by atoms with Gasteiger partial charge in [0.1, 0.15) is 9.84 Å². The van der Waals surface area contributed by atoms with Gasteiger partial charge in [0, 0.05) is 13.3 Å². The molecule has 0 aliphatic rings. The summed E-state index contributed by atoms with van der Waals surface area (Å²) in [5.74, 6) is -0.338. The molecule has 0 heterocycles. The molecule has 0 aromatic carbocycles. The number of likely N-dealkylation sites (N-methyl/N-ethyl adjacent to an activating group) is 1. The molecule has 0 spiro atoms. The van der Waals surface area contributed by atoms with Crippen LogP contribution in [0.1, 0.15) is 21.3 Å². The number of sulfone groups is 1. The van der Waals surface area contributed by atoms with Crippen molar-refractivity contribution >= 4 is 15.7 Å². The molecule has 0 rings (SSSR count). The molecule has 0 saturated carbocycles. The Kier molecular flexibility index (Phi) is 5.86. The van der Waals surface area contributed by atoms with Crippen LogP contribution in [0, 0.1) is 0 Å². The van der Waals surface area contributed by atoms with E-state index in [-0.39, 0.29) is 19.1 Å². The van der Waals surface area contributed by atoms with Crippen LogP contribution in [-0.4, -0.2) is 43.8 Å². The van der Waals surface area contributed by atoms with Crippen molar-refractivity contribution in [1.82, 2.24) is 4.90 Å². The zero-order valence-corrected chi connectivity index (χ0v) is 9.89. The fourth-order valence-corrected chi connectivity index (χ4v) is 2.65. The van der Waals surface area contributed by atoms with E-state index in [1.54, 1.807) is 20.9 Å². The van der Waals surface area contributed by atoms with Crippen molar-refractivity contribution in [1.29, 1.82) is 0 Å². The standard InChI is InChI=1S/C9H17NO3S.CH4/c1-6-8(11)10(4)9(2,3)7-14(5,12)13;/h6H,1,7H2,2-5H3;1H4. The predicted molar refractivity (Wildman–Crippen MR) is 63.5 cm³/mol. The van der Waals surface area contributed by atoms with E-state index in [1.807, 2.05) is 0 Å². The molecular formula is C10H21NO3S. The number of nitrogens with zero attached hydrogens (tertiary/aromatic N) is 1. The van der Waals surface area contributed by atoms with E-state index in [9.17, 15) is 13.2 Å². The first-order valence-corrected chi connectivity index (χ1v) is 6.24. The highest BCUT2D eigenvalue weighted by atomic mass is 32.2. The molecule has 0 atom stereocenters. The summed E-state index contributed by atoms with van der Waals surface area (Å²) in [6, 6.07) is 0. The first-order valence-electron chi connectivity index (χ1n) is 4.18. The van der Waals surface area contributed by atoms with Gasteiger partial charge in [-0.1, -0.05) is 14.0 Å². The summed E-state index contributed by atoms with van der Waals surface area (Å²) in [7, 11) is -1.53. The third kappa shape index (κ3) is 5.57. The molecule has 90 valence electrons. The first kappa shape index (κ1) is 16.6. The summed E-state index contributed by atoms with van der Waals surface area (Å²) < 4.78 is 22.2. The fraction of sp³-hybridized carbons (Fsp3) is 0.700. The van der Waals surface area contributed by atoms with Gasteiger partial charge in [-0.3, -0.25) is 4.79 Å². The summed E-state index contributed by atoms with van der Waals surface area (Å²) in [5, 5.41) is 0. The summed E-state index contributed by atoms with van der Waals surface area (Å²) in [6.45, 7) is 6.76. The molecule has 0 aromatic rings. The highest BCUT2D eigenvalue weighted by Crippen LogP contribution is 2.15. The smallest absolute Gasteiger partial charge is 0.246 e. The maximum absolute atomic E-state index is 11.3. The lowest BCUT2D eigenvalue weighted by atomic mass is 10.1. The van der Waals surface area contributed by atoms with Gasteiger partial charge in [-0.25, -0.2) is 8.42 Å². The fourth-order valence-electron chi connectivity index (χ4n) is 1.17. The Morgan fingerprint density at radius 1 is 1.47 bits per heavy atom. The Labute approximate surface area is 92.9 Å². The second kappa shape index (κ2) is 5.30. The Bertz CT molecular complexity index is 331. The molecule has 0 aliphatic heterocycles. The van der Waals surface area contributed by atoms with E-state index in [0.29, 0.717) is 0 Å². The molecule has 1 amide bonds. The van der Waals surface area contributed by atoms with Gasteiger partial charge in [0.05, 0.1) is 11.3 Å². The maximum Gasteiger partial charge on any atom is 0.246 e. The minimum Gasteiger partial charge on any atom is -0.336 e. The summed E-state index contributed by atoms with van der Waals surface area (Å²) in [5.41, 5.74) is -0.709. The molecule has 0 unspecified atom stereocenters. The Morgan fingerprint density at radius 2 is 1.87 bits per heavy atom. The van der Waals surface area contributed by atoms with E-state index < -0.39 is 15.4 Å². The van der Waals surface area contributed by atoms with Crippen molar-refractivity contribution < 1.29 is 13.2 Å². The lowest BCUT2D eigenvalue weighted by Crippen LogP contribution is -2.48. The minimum absolute atomic E-state index is 0. The molecule has 5 heteroatoms. The number of hydrogen-bond acceptors (Lipinski definition) is 3. The van der Waals surface area contributed by atoms with Crippen molar-refractivity contribution in [2.75, 3.05) is 19.1 Å². The van der Waals surface area contributed by atoms with Gasteiger partial charge in [-0.15, -0.1) is 0 Å². The highest BCUT2D eigenvalue weighted by Gasteiger charge is 2.30. The lowest BCUT2D eigenvalue weighted by molar-refractivity contribution is -0.128. The van der Waals surface area contributed by atoms with Crippen LogP contribution in [0.15, 0.2) is 12.7 Å². The SMILES string of the molecule is C.C=CC(=O)N(C)C(C)(C)CS(C)(=O)=O. The van der Waals surface area contributed by atoms with E-state index in [1.165, 1.54) is 11.0 Å². The average molecular weight is 235 g/mol. The summed E-state index contributed by atoms with van der Waals surface area (Å²) in [6.07, 6.45) is 2.32. The third-order valence-corrected chi connectivity index (χ3v) is 3.26. The molecule has 15 heavy (non-hydrogen) atoms. The van der Waals surface area contributed by atoms with Crippen LogP contribution in [0.5, 0.6) is 0 Å². The van der Waals surface area contributed by atoms with E-state index in [2.05, 4.69) is 6.58 Å². The number of rotatable bonds is 4. The van der Waals surface area contributed by atoms with Crippen molar-refractivity contribution in [3.8, 4) is 0 Å². The number of carbonyl (C=O) groups excluding carboxylic acids is 1. The zero-order chi connectivity index (χ0) is 11.6. The first-order chi connectivity index (χ1) is 6.10. The second-order valence-electron chi connectivity index (χ2n) is 3.98. The number of amides is 1. The van der Waals surface area contributed by atoms with Crippen molar-refractivity contribution in [2.24, 2.45) is 0 Å². The Morgan fingerprint density at radius 3 is 2.13 bits per heavy atom. The lowest BCUT2D eigenvalue weighted by Gasteiger charge is -2.34.